The van der Waals surface area contributed by atoms with Gasteiger partial charge in [0.25, 0.3) is 0 Å². The number of halogens is 4. The number of hydrogen-bond donors (Lipinski definition) is 2. The van der Waals surface area contributed by atoms with E-state index in [2.05, 4.69) is 0 Å². The van der Waals surface area contributed by atoms with Gasteiger partial charge in [0.05, 0.1) is 24.8 Å². The van der Waals surface area contributed by atoms with Crippen LogP contribution in [0.4, 0.5) is 13.2 Å². The Morgan fingerprint density at radius 1 is 0.978 bits per heavy atom. The zero-order valence-electron chi connectivity index (χ0n) is 25.5. The molecule has 2 heterocycles. The summed E-state index contributed by atoms with van der Waals surface area (Å²) in [5, 5.41) is 21.1. The Labute approximate surface area is 269 Å². The van der Waals surface area contributed by atoms with Crippen LogP contribution in [0.5, 0.6) is 17.2 Å². The number of hydrogen-bond acceptors (Lipinski definition) is 6. The SMILES string of the molecule is COc1cc(CCC(=O)O)cc(OC)c1OC1CCN(CC(O)(c2cn(Cc3ccccc3)c3c(Cl)cccc23)C(F)(F)F)CC1. The number of alkyl halides is 3. The van der Waals surface area contributed by atoms with Gasteiger partial charge in [0.2, 0.25) is 11.4 Å². The van der Waals surface area contributed by atoms with Gasteiger partial charge >= 0.3 is 12.1 Å². The number of ether oxygens (including phenoxy) is 3. The molecular formula is C34H36ClF3N2O6. The van der Waals surface area contributed by atoms with Crippen molar-refractivity contribution in [2.24, 2.45) is 0 Å². The number of likely N-dealkylation sites (tertiary alicyclic amines) is 1. The summed E-state index contributed by atoms with van der Waals surface area (Å²) in [4.78, 5) is 12.6. The van der Waals surface area contributed by atoms with Gasteiger partial charge in [0.1, 0.15) is 6.10 Å². The van der Waals surface area contributed by atoms with E-state index in [-0.39, 0.29) is 49.5 Å². The number of methoxy groups -OCH3 is 2. The number of carbonyl (C=O) groups is 1. The zero-order valence-corrected chi connectivity index (χ0v) is 26.3. The third-order valence-electron chi connectivity index (χ3n) is 8.38. The largest absolute Gasteiger partial charge is 0.493 e. The first kappa shape index (κ1) is 33.4. The number of aliphatic hydroxyl groups is 1. The molecule has 0 aliphatic carbocycles. The van der Waals surface area contributed by atoms with Gasteiger partial charge in [0.15, 0.2) is 11.5 Å². The molecule has 2 N–H and O–H groups in total. The Morgan fingerprint density at radius 3 is 2.22 bits per heavy atom. The number of aliphatic carboxylic acids is 1. The number of nitrogens with zero attached hydrogens (tertiary/aromatic N) is 2. The molecule has 1 aliphatic rings. The summed E-state index contributed by atoms with van der Waals surface area (Å²) in [5.74, 6) is 0.167. The standard InChI is InChI=1S/C34H36ClF3N2O6/c1-44-28-17-23(11-12-30(41)42)18-29(45-2)32(28)46-24-13-15-39(16-14-24)21-33(43,34(36,37)38)26-20-40(19-22-7-4-3-5-8-22)31-25(26)9-6-10-27(31)35/h3-10,17-18,20,24,43H,11-16,19,21H2,1-2H3,(H,41,42). The molecular weight excluding hydrogens is 625 g/mol. The van der Waals surface area contributed by atoms with Crippen molar-refractivity contribution >= 4 is 28.5 Å². The number of piperidine rings is 1. The second-order valence-electron chi connectivity index (χ2n) is 11.5. The average Bonchev–Trinajstić information content (AvgIpc) is 3.40. The molecule has 5 rings (SSSR count). The minimum atomic E-state index is -4.97. The lowest BCUT2D eigenvalue weighted by Crippen LogP contribution is -2.53. The summed E-state index contributed by atoms with van der Waals surface area (Å²) >= 11 is 6.51. The lowest BCUT2D eigenvalue weighted by Gasteiger charge is -2.39. The van der Waals surface area contributed by atoms with E-state index in [9.17, 15) is 23.1 Å². The van der Waals surface area contributed by atoms with Crippen molar-refractivity contribution in [3.63, 3.8) is 0 Å². The fourth-order valence-electron chi connectivity index (χ4n) is 6.00. The smallest absolute Gasteiger partial charge is 0.422 e. The van der Waals surface area contributed by atoms with E-state index in [0.29, 0.717) is 46.2 Å². The quantitative estimate of drug-likeness (QED) is 0.175. The van der Waals surface area contributed by atoms with Crippen molar-refractivity contribution in [1.82, 2.24) is 9.47 Å². The van der Waals surface area contributed by atoms with E-state index >= 15 is 0 Å². The van der Waals surface area contributed by atoms with Gasteiger partial charge in [-0.05, 0) is 48.6 Å². The predicted molar refractivity (Wildman–Crippen MR) is 168 cm³/mol. The predicted octanol–water partition coefficient (Wildman–Crippen LogP) is 6.67. The number of carboxylic acid groups (broad SMARTS) is 1. The lowest BCUT2D eigenvalue weighted by atomic mass is 9.91. The number of β-amino-alcohol motifs (C(OH)–C–C–N with tert-alkyl or cyclic N) is 1. The molecule has 12 heteroatoms. The van der Waals surface area contributed by atoms with Crippen molar-refractivity contribution in [1.29, 1.82) is 0 Å². The van der Waals surface area contributed by atoms with Gasteiger partial charge in [0, 0.05) is 49.7 Å². The molecule has 1 aliphatic heterocycles. The van der Waals surface area contributed by atoms with E-state index in [4.69, 9.17) is 30.9 Å². The molecule has 246 valence electrons. The van der Waals surface area contributed by atoms with E-state index in [1.54, 1.807) is 39.8 Å². The van der Waals surface area contributed by atoms with Gasteiger partial charge in [-0.15, -0.1) is 0 Å². The van der Waals surface area contributed by atoms with Gasteiger partial charge in [-0.3, -0.25) is 9.69 Å². The molecule has 1 fully saturated rings. The summed E-state index contributed by atoms with van der Waals surface area (Å²) in [7, 11) is 2.93. The lowest BCUT2D eigenvalue weighted by molar-refractivity contribution is -0.272. The van der Waals surface area contributed by atoms with Crippen molar-refractivity contribution < 1.29 is 42.4 Å². The number of para-hydroxylation sites is 1. The van der Waals surface area contributed by atoms with Crippen LogP contribution in [0.25, 0.3) is 10.9 Å². The molecule has 1 unspecified atom stereocenters. The molecule has 4 aromatic rings. The maximum atomic E-state index is 14.9. The Kier molecular flexibility index (Phi) is 10.0. The normalized spacial score (nSPS) is 15.9. The summed E-state index contributed by atoms with van der Waals surface area (Å²) in [6, 6.07) is 17.5. The number of rotatable bonds is 12. The Bertz CT molecular complexity index is 1650. The number of carboxylic acids is 1. The van der Waals surface area contributed by atoms with Crippen LogP contribution in [0.1, 0.15) is 36.0 Å². The Morgan fingerprint density at radius 2 is 1.63 bits per heavy atom. The van der Waals surface area contributed by atoms with Crippen LogP contribution in [0.3, 0.4) is 0 Å². The van der Waals surface area contributed by atoms with Gasteiger partial charge in [-0.25, -0.2) is 0 Å². The van der Waals surface area contributed by atoms with Crippen molar-refractivity contribution in [3.05, 3.63) is 88.6 Å². The molecule has 46 heavy (non-hydrogen) atoms. The first-order valence-corrected chi connectivity index (χ1v) is 15.3. The second kappa shape index (κ2) is 13.8. The van der Waals surface area contributed by atoms with Gasteiger partial charge in [-0.1, -0.05) is 54.1 Å². The number of aryl methyl sites for hydroxylation is 1. The fourth-order valence-corrected chi connectivity index (χ4v) is 6.28. The second-order valence-corrected chi connectivity index (χ2v) is 11.9. The molecule has 0 radical (unpaired) electrons. The molecule has 0 spiro atoms. The van der Waals surface area contributed by atoms with Crippen LogP contribution in [0, 0.1) is 0 Å². The van der Waals surface area contributed by atoms with E-state index in [1.165, 1.54) is 20.4 Å². The highest BCUT2D eigenvalue weighted by Gasteiger charge is 2.57. The van der Waals surface area contributed by atoms with Crippen LogP contribution >= 0.6 is 11.6 Å². The van der Waals surface area contributed by atoms with Crippen molar-refractivity contribution in [2.75, 3.05) is 33.9 Å². The summed E-state index contributed by atoms with van der Waals surface area (Å²) in [6.45, 7) is 0.109. The molecule has 3 aromatic carbocycles. The molecule has 1 aromatic heterocycles. The van der Waals surface area contributed by atoms with E-state index in [1.807, 2.05) is 30.3 Å². The zero-order chi connectivity index (χ0) is 33.1. The topological polar surface area (TPSA) is 93.4 Å². The van der Waals surface area contributed by atoms with Crippen LogP contribution in [-0.4, -0.2) is 71.8 Å². The van der Waals surface area contributed by atoms with E-state index < -0.39 is 24.3 Å². The number of aromatic nitrogens is 1. The Hall–Kier alpha value is -3.93. The monoisotopic (exact) mass is 660 g/mol. The first-order chi connectivity index (χ1) is 21.9. The van der Waals surface area contributed by atoms with Crippen LogP contribution in [0.2, 0.25) is 5.02 Å². The van der Waals surface area contributed by atoms with E-state index in [0.717, 1.165) is 5.56 Å². The minimum absolute atomic E-state index is 0.0597. The first-order valence-electron chi connectivity index (χ1n) is 14.9. The maximum Gasteiger partial charge on any atom is 0.422 e. The third-order valence-corrected chi connectivity index (χ3v) is 8.68. The minimum Gasteiger partial charge on any atom is -0.493 e. The molecule has 1 atom stereocenters. The third kappa shape index (κ3) is 7.06. The van der Waals surface area contributed by atoms with Crippen LogP contribution in [0.15, 0.2) is 66.9 Å². The molecule has 0 amide bonds. The molecule has 0 saturated carbocycles. The van der Waals surface area contributed by atoms with Gasteiger partial charge in [-0.2, -0.15) is 13.2 Å². The van der Waals surface area contributed by atoms with Gasteiger partial charge < -0.3 is 29.0 Å². The number of benzene rings is 3. The average molecular weight is 661 g/mol. The highest BCUT2D eigenvalue weighted by Crippen LogP contribution is 2.45. The highest BCUT2D eigenvalue weighted by atomic mass is 35.5. The molecule has 0 bridgehead atoms. The van der Waals surface area contributed by atoms with Crippen molar-refractivity contribution in [2.45, 2.75) is 50.1 Å². The summed E-state index contributed by atoms with van der Waals surface area (Å²) < 4.78 is 63.5. The Balaban J connectivity index is 1.36. The van der Waals surface area contributed by atoms with Crippen LogP contribution in [-0.2, 0) is 23.4 Å². The molecule has 8 nitrogen and oxygen atoms in total. The summed E-state index contributed by atoms with van der Waals surface area (Å²) in [5.41, 5.74) is -1.40. The highest BCUT2D eigenvalue weighted by molar-refractivity contribution is 6.35. The summed E-state index contributed by atoms with van der Waals surface area (Å²) in [6.07, 6.45) is -2.96. The van der Waals surface area contributed by atoms with Crippen LogP contribution < -0.4 is 14.2 Å². The number of fused-ring (bicyclic) bond motifs is 1. The maximum absolute atomic E-state index is 14.9. The fraction of sp³-hybridized carbons (Fsp3) is 0.382. The molecule has 1 saturated heterocycles. The van der Waals surface area contributed by atoms with Crippen molar-refractivity contribution in [3.8, 4) is 17.2 Å².